The number of rotatable bonds is 5. The molecule has 1 aromatic rings. The standard InChI is InChI=1S/C21H33N3O4/c1-4-27-18-10-8-9-17-13-24(15-20(26)23-16(2)3)14-19(25)22-11-6-5-7-12-28-21(17)18/h8-10,16H,4-7,11-15H2,1-3H3,(H,22,25)(H,23,26). The summed E-state index contributed by atoms with van der Waals surface area (Å²) in [6.45, 7) is 8.28. The van der Waals surface area contributed by atoms with Crippen molar-refractivity contribution >= 4 is 11.8 Å². The minimum absolute atomic E-state index is 0.0532. The first-order valence-corrected chi connectivity index (χ1v) is 10.2. The van der Waals surface area contributed by atoms with Crippen LogP contribution in [0, 0.1) is 0 Å². The largest absolute Gasteiger partial charge is 0.490 e. The topological polar surface area (TPSA) is 79.9 Å². The van der Waals surface area contributed by atoms with E-state index in [0.29, 0.717) is 37.8 Å². The lowest BCUT2D eigenvalue weighted by atomic mass is 10.1. The molecule has 7 heteroatoms. The monoisotopic (exact) mass is 391 g/mol. The van der Waals surface area contributed by atoms with E-state index < -0.39 is 0 Å². The fourth-order valence-corrected chi connectivity index (χ4v) is 3.16. The Morgan fingerprint density at radius 1 is 1.29 bits per heavy atom. The number of amides is 2. The molecule has 2 rings (SSSR count). The fourth-order valence-electron chi connectivity index (χ4n) is 3.16. The summed E-state index contributed by atoms with van der Waals surface area (Å²) in [4.78, 5) is 26.5. The molecular weight excluding hydrogens is 358 g/mol. The molecule has 0 radical (unpaired) electrons. The number of hydrogen-bond acceptors (Lipinski definition) is 5. The lowest BCUT2D eigenvalue weighted by Crippen LogP contribution is -2.44. The molecule has 0 atom stereocenters. The molecule has 1 aliphatic rings. The first-order chi connectivity index (χ1) is 13.5. The van der Waals surface area contributed by atoms with Crippen LogP contribution in [-0.2, 0) is 16.1 Å². The lowest BCUT2D eigenvalue weighted by molar-refractivity contribution is -0.125. The zero-order chi connectivity index (χ0) is 20.4. The Morgan fingerprint density at radius 2 is 2.11 bits per heavy atom. The second kappa shape index (κ2) is 11.5. The van der Waals surface area contributed by atoms with Crippen molar-refractivity contribution in [2.24, 2.45) is 0 Å². The van der Waals surface area contributed by atoms with E-state index in [-0.39, 0.29) is 30.9 Å². The number of carbonyl (C=O) groups excluding carboxylic acids is 2. The molecule has 0 aromatic heterocycles. The van der Waals surface area contributed by atoms with Crippen molar-refractivity contribution in [2.45, 2.75) is 52.6 Å². The van der Waals surface area contributed by atoms with E-state index in [1.165, 1.54) is 0 Å². The quantitative estimate of drug-likeness (QED) is 0.803. The van der Waals surface area contributed by atoms with Crippen LogP contribution in [0.5, 0.6) is 11.5 Å². The summed E-state index contributed by atoms with van der Waals surface area (Å²) in [7, 11) is 0. The maximum Gasteiger partial charge on any atom is 0.234 e. The zero-order valence-corrected chi connectivity index (χ0v) is 17.3. The highest BCUT2D eigenvalue weighted by molar-refractivity contribution is 5.81. The number of fused-ring (bicyclic) bond motifs is 1. The van der Waals surface area contributed by atoms with Gasteiger partial charge >= 0.3 is 0 Å². The van der Waals surface area contributed by atoms with Gasteiger partial charge in [0.2, 0.25) is 11.8 Å². The second-order valence-corrected chi connectivity index (χ2v) is 7.30. The SMILES string of the molecule is CCOc1cccc2c1OCCCCCNC(=O)CN(CC(=O)NC(C)C)C2. The predicted octanol–water partition coefficient (Wildman–Crippen LogP) is 2.09. The Hall–Kier alpha value is -2.28. The number of hydrogen-bond donors (Lipinski definition) is 2. The summed E-state index contributed by atoms with van der Waals surface area (Å²) in [5.74, 6) is 1.24. The molecule has 0 fully saturated rings. The summed E-state index contributed by atoms with van der Waals surface area (Å²) in [6.07, 6.45) is 2.80. The van der Waals surface area contributed by atoms with Gasteiger partial charge in [0, 0.05) is 24.7 Å². The molecule has 1 aliphatic heterocycles. The smallest absolute Gasteiger partial charge is 0.234 e. The van der Waals surface area contributed by atoms with Gasteiger partial charge < -0.3 is 20.1 Å². The van der Waals surface area contributed by atoms with Crippen LogP contribution >= 0.6 is 0 Å². The van der Waals surface area contributed by atoms with Crippen LogP contribution in [0.15, 0.2) is 18.2 Å². The normalized spacial score (nSPS) is 16.6. The van der Waals surface area contributed by atoms with Crippen molar-refractivity contribution < 1.29 is 19.1 Å². The van der Waals surface area contributed by atoms with Crippen LogP contribution in [0.3, 0.4) is 0 Å². The highest BCUT2D eigenvalue weighted by Crippen LogP contribution is 2.32. The summed E-state index contributed by atoms with van der Waals surface area (Å²) in [5, 5.41) is 5.83. The Balaban J connectivity index is 2.26. The number of para-hydroxylation sites is 1. The van der Waals surface area contributed by atoms with Gasteiger partial charge in [-0.2, -0.15) is 0 Å². The first-order valence-electron chi connectivity index (χ1n) is 10.2. The zero-order valence-electron chi connectivity index (χ0n) is 17.3. The van der Waals surface area contributed by atoms with E-state index in [0.717, 1.165) is 24.8 Å². The van der Waals surface area contributed by atoms with Crippen LogP contribution in [-0.4, -0.2) is 55.6 Å². The summed E-state index contributed by atoms with van der Waals surface area (Å²) in [6, 6.07) is 5.82. The van der Waals surface area contributed by atoms with Crippen molar-refractivity contribution in [1.82, 2.24) is 15.5 Å². The van der Waals surface area contributed by atoms with Crippen molar-refractivity contribution in [3.05, 3.63) is 23.8 Å². The third kappa shape index (κ3) is 7.38. The van der Waals surface area contributed by atoms with E-state index in [2.05, 4.69) is 10.6 Å². The summed E-state index contributed by atoms with van der Waals surface area (Å²) < 4.78 is 11.8. The lowest BCUT2D eigenvalue weighted by Gasteiger charge is -2.24. The van der Waals surface area contributed by atoms with Gasteiger partial charge in [0.1, 0.15) is 0 Å². The molecule has 0 bridgehead atoms. The molecule has 2 N–H and O–H groups in total. The minimum Gasteiger partial charge on any atom is -0.490 e. The Morgan fingerprint density at radius 3 is 2.86 bits per heavy atom. The average molecular weight is 392 g/mol. The van der Waals surface area contributed by atoms with Crippen LogP contribution < -0.4 is 20.1 Å². The Bertz CT molecular complexity index is 649. The van der Waals surface area contributed by atoms with Gasteiger partial charge in [0.25, 0.3) is 0 Å². The van der Waals surface area contributed by atoms with Gasteiger partial charge in [-0.05, 0) is 46.1 Å². The van der Waals surface area contributed by atoms with Gasteiger partial charge in [-0.1, -0.05) is 12.1 Å². The van der Waals surface area contributed by atoms with E-state index in [9.17, 15) is 9.59 Å². The number of nitrogens with one attached hydrogen (secondary N) is 2. The van der Waals surface area contributed by atoms with Crippen LogP contribution in [0.2, 0.25) is 0 Å². The van der Waals surface area contributed by atoms with Crippen molar-refractivity contribution in [3.8, 4) is 11.5 Å². The molecule has 0 unspecified atom stereocenters. The Kier molecular flexibility index (Phi) is 9.07. The van der Waals surface area contributed by atoms with Crippen LogP contribution in [0.1, 0.15) is 45.6 Å². The second-order valence-electron chi connectivity index (χ2n) is 7.30. The minimum atomic E-state index is -0.101. The van der Waals surface area contributed by atoms with Gasteiger partial charge in [-0.15, -0.1) is 0 Å². The summed E-state index contributed by atoms with van der Waals surface area (Å²) >= 11 is 0. The molecule has 2 amide bonds. The van der Waals surface area contributed by atoms with Gasteiger partial charge in [-0.3, -0.25) is 14.5 Å². The van der Waals surface area contributed by atoms with Crippen LogP contribution in [0.4, 0.5) is 0 Å². The van der Waals surface area contributed by atoms with E-state index in [1.807, 2.05) is 43.9 Å². The van der Waals surface area contributed by atoms with Gasteiger partial charge in [0.15, 0.2) is 11.5 Å². The summed E-state index contributed by atoms with van der Waals surface area (Å²) in [5.41, 5.74) is 0.912. The molecule has 7 nitrogen and oxygen atoms in total. The number of carbonyl (C=O) groups is 2. The van der Waals surface area contributed by atoms with E-state index in [4.69, 9.17) is 9.47 Å². The third-order valence-corrected chi connectivity index (χ3v) is 4.33. The molecule has 0 aliphatic carbocycles. The fraction of sp³-hybridized carbons (Fsp3) is 0.619. The van der Waals surface area contributed by atoms with Gasteiger partial charge in [-0.25, -0.2) is 0 Å². The molecule has 0 spiro atoms. The van der Waals surface area contributed by atoms with Crippen LogP contribution in [0.25, 0.3) is 0 Å². The number of nitrogens with zero attached hydrogens (tertiary/aromatic N) is 1. The first kappa shape index (κ1) is 22.0. The predicted molar refractivity (Wildman–Crippen MR) is 109 cm³/mol. The highest BCUT2D eigenvalue weighted by Gasteiger charge is 2.20. The highest BCUT2D eigenvalue weighted by atomic mass is 16.5. The molecule has 1 heterocycles. The molecule has 0 saturated carbocycles. The number of ether oxygens (including phenoxy) is 2. The van der Waals surface area contributed by atoms with Crippen molar-refractivity contribution in [3.63, 3.8) is 0 Å². The molecular formula is C21H33N3O4. The Labute approximate surface area is 167 Å². The average Bonchev–Trinajstić information content (AvgIpc) is 2.62. The molecule has 156 valence electrons. The van der Waals surface area contributed by atoms with Crippen molar-refractivity contribution in [1.29, 1.82) is 0 Å². The molecule has 28 heavy (non-hydrogen) atoms. The van der Waals surface area contributed by atoms with E-state index >= 15 is 0 Å². The van der Waals surface area contributed by atoms with E-state index in [1.54, 1.807) is 0 Å². The molecule has 0 saturated heterocycles. The maximum absolute atomic E-state index is 12.3. The third-order valence-electron chi connectivity index (χ3n) is 4.33. The number of benzene rings is 1. The maximum atomic E-state index is 12.3. The van der Waals surface area contributed by atoms with Gasteiger partial charge in [0.05, 0.1) is 26.3 Å². The van der Waals surface area contributed by atoms with Crippen molar-refractivity contribution in [2.75, 3.05) is 32.8 Å². The molecule has 1 aromatic carbocycles.